The molecule has 1 saturated heterocycles. The molecule has 3 aromatic rings. The highest BCUT2D eigenvalue weighted by Crippen LogP contribution is 2.51. The number of esters is 1. The zero-order chi connectivity index (χ0) is 19.1. The van der Waals surface area contributed by atoms with E-state index in [-0.39, 0.29) is 18.1 Å². The predicted octanol–water partition coefficient (Wildman–Crippen LogP) is 4.67. The number of benzene rings is 3. The van der Waals surface area contributed by atoms with Crippen molar-refractivity contribution in [3.8, 4) is 11.1 Å². The molecule has 0 radical (unpaired) electrons. The first-order valence-electron chi connectivity index (χ1n) is 9.53. The normalized spacial score (nSPS) is 21.8. The number of hydrogen-bond donors (Lipinski definition) is 1. The molecule has 0 spiro atoms. The maximum atomic E-state index is 12.6. The third kappa shape index (κ3) is 2.62. The molecular weight excluding hydrogens is 461 g/mol. The standard InChI is InChI=1S/C24H20INO2/c25-15-17-14-22(23(27)28-17)26-24(16-8-2-1-3-9-16)20-12-6-4-10-18(20)19-11-5-7-13-21(19)24/h1-13,17,22,26H,14-15H2. The van der Waals surface area contributed by atoms with E-state index >= 15 is 0 Å². The highest BCUT2D eigenvalue weighted by Gasteiger charge is 2.48. The molecule has 1 aliphatic carbocycles. The Morgan fingerprint density at radius 3 is 2.04 bits per heavy atom. The topological polar surface area (TPSA) is 38.3 Å². The van der Waals surface area contributed by atoms with Crippen LogP contribution < -0.4 is 5.32 Å². The van der Waals surface area contributed by atoms with Crippen LogP contribution in [0, 0.1) is 0 Å². The molecule has 1 fully saturated rings. The summed E-state index contributed by atoms with van der Waals surface area (Å²) >= 11 is 2.28. The first-order chi connectivity index (χ1) is 13.7. The SMILES string of the molecule is O=C1OC(CI)CC1NC1(c2ccccc2)c2ccccc2-c2ccccc21. The zero-order valence-electron chi connectivity index (χ0n) is 15.3. The Morgan fingerprint density at radius 2 is 1.46 bits per heavy atom. The Kier molecular flexibility index (Phi) is 4.48. The molecule has 0 saturated carbocycles. The second-order valence-electron chi connectivity index (χ2n) is 7.35. The second-order valence-corrected chi connectivity index (χ2v) is 8.23. The fraction of sp³-hybridized carbons (Fsp3) is 0.208. The van der Waals surface area contributed by atoms with Gasteiger partial charge in [-0.25, -0.2) is 0 Å². The van der Waals surface area contributed by atoms with Gasteiger partial charge in [-0.05, 0) is 27.8 Å². The summed E-state index contributed by atoms with van der Waals surface area (Å²) in [5.74, 6) is -0.154. The molecule has 0 aromatic heterocycles. The molecule has 2 unspecified atom stereocenters. The Labute approximate surface area is 178 Å². The molecule has 28 heavy (non-hydrogen) atoms. The number of carbonyl (C=O) groups is 1. The van der Waals surface area contributed by atoms with Gasteiger partial charge in [0.15, 0.2) is 0 Å². The van der Waals surface area contributed by atoms with E-state index in [1.54, 1.807) is 0 Å². The van der Waals surface area contributed by atoms with Crippen LogP contribution in [0.25, 0.3) is 11.1 Å². The van der Waals surface area contributed by atoms with E-state index in [9.17, 15) is 4.79 Å². The minimum absolute atomic E-state index is 0.0229. The summed E-state index contributed by atoms with van der Waals surface area (Å²) in [5.41, 5.74) is 5.37. The molecule has 3 aromatic carbocycles. The Balaban J connectivity index is 1.74. The number of ether oxygens (including phenoxy) is 1. The van der Waals surface area contributed by atoms with Crippen LogP contribution >= 0.6 is 22.6 Å². The lowest BCUT2D eigenvalue weighted by atomic mass is 9.80. The minimum Gasteiger partial charge on any atom is -0.460 e. The third-order valence-corrected chi connectivity index (χ3v) is 6.77. The van der Waals surface area contributed by atoms with E-state index in [1.807, 2.05) is 6.07 Å². The van der Waals surface area contributed by atoms with Crippen LogP contribution in [0.4, 0.5) is 0 Å². The molecule has 1 heterocycles. The highest BCUT2D eigenvalue weighted by molar-refractivity contribution is 14.1. The van der Waals surface area contributed by atoms with Crippen molar-refractivity contribution < 1.29 is 9.53 Å². The number of alkyl halides is 1. The fourth-order valence-corrected chi connectivity index (χ4v) is 5.14. The van der Waals surface area contributed by atoms with Crippen molar-refractivity contribution >= 4 is 28.6 Å². The maximum absolute atomic E-state index is 12.6. The van der Waals surface area contributed by atoms with Crippen molar-refractivity contribution in [3.63, 3.8) is 0 Å². The average Bonchev–Trinajstić information content (AvgIpc) is 3.25. The largest absolute Gasteiger partial charge is 0.460 e. The van der Waals surface area contributed by atoms with Gasteiger partial charge in [0, 0.05) is 10.8 Å². The zero-order valence-corrected chi connectivity index (χ0v) is 17.4. The van der Waals surface area contributed by atoms with Gasteiger partial charge in [0.25, 0.3) is 0 Å². The van der Waals surface area contributed by atoms with E-state index in [2.05, 4.69) is 101 Å². The molecule has 0 amide bonds. The highest BCUT2D eigenvalue weighted by atomic mass is 127. The number of fused-ring (bicyclic) bond motifs is 3. The molecule has 5 rings (SSSR count). The molecule has 2 aliphatic rings. The van der Waals surface area contributed by atoms with Crippen molar-refractivity contribution in [1.29, 1.82) is 0 Å². The number of nitrogens with one attached hydrogen (secondary N) is 1. The van der Waals surface area contributed by atoms with Gasteiger partial charge in [0.05, 0.1) is 5.54 Å². The van der Waals surface area contributed by atoms with Gasteiger partial charge in [-0.2, -0.15) is 0 Å². The van der Waals surface area contributed by atoms with Crippen molar-refractivity contribution in [2.45, 2.75) is 24.1 Å². The molecule has 1 N–H and O–H groups in total. The van der Waals surface area contributed by atoms with E-state index in [4.69, 9.17) is 4.74 Å². The van der Waals surface area contributed by atoms with Gasteiger partial charge in [0.1, 0.15) is 12.1 Å². The van der Waals surface area contributed by atoms with Crippen molar-refractivity contribution in [2.24, 2.45) is 0 Å². The van der Waals surface area contributed by atoms with Crippen LogP contribution in [0.3, 0.4) is 0 Å². The summed E-state index contributed by atoms with van der Waals surface area (Å²) in [6.45, 7) is 0. The lowest BCUT2D eigenvalue weighted by Gasteiger charge is -2.35. The number of halogens is 1. The molecule has 2 atom stereocenters. The van der Waals surface area contributed by atoms with Crippen molar-refractivity contribution in [1.82, 2.24) is 5.32 Å². The molecule has 140 valence electrons. The van der Waals surface area contributed by atoms with Crippen LogP contribution in [-0.4, -0.2) is 22.5 Å². The van der Waals surface area contributed by atoms with Crippen molar-refractivity contribution in [2.75, 3.05) is 4.43 Å². The summed E-state index contributed by atoms with van der Waals surface area (Å²) in [4.78, 5) is 12.6. The first kappa shape index (κ1) is 17.9. The van der Waals surface area contributed by atoms with Gasteiger partial charge < -0.3 is 4.74 Å². The van der Waals surface area contributed by atoms with E-state index < -0.39 is 5.54 Å². The van der Waals surface area contributed by atoms with Gasteiger partial charge in [-0.15, -0.1) is 0 Å². The van der Waals surface area contributed by atoms with Crippen LogP contribution in [0.15, 0.2) is 78.9 Å². The molecule has 1 aliphatic heterocycles. The number of rotatable bonds is 4. The third-order valence-electron chi connectivity index (χ3n) is 5.79. The molecule has 4 heteroatoms. The van der Waals surface area contributed by atoms with E-state index in [0.29, 0.717) is 6.42 Å². The summed E-state index contributed by atoms with van der Waals surface area (Å²) in [5, 5.41) is 3.76. The molecule has 3 nitrogen and oxygen atoms in total. The van der Waals surface area contributed by atoms with E-state index in [0.717, 1.165) is 9.99 Å². The Morgan fingerprint density at radius 1 is 0.893 bits per heavy atom. The Hall–Kier alpha value is -2.18. The van der Waals surface area contributed by atoms with Gasteiger partial charge in [-0.3, -0.25) is 10.1 Å². The van der Waals surface area contributed by atoms with Crippen LogP contribution in [-0.2, 0) is 15.1 Å². The maximum Gasteiger partial charge on any atom is 0.323 e. The fourth-order valence-electron chi connectivity index (χ4n) is 4.60. The predicted molar refractivity (Wildman–Crippen MR) is 119 cm³/mol. The number of hydrogen-bond acceptors (Lipinski definition) is 3. The molecular formula is C24H20INO2. The lowest BCUT2D eigenvalue weighted by molar-refractivity contribution is -0.142. The first-order valence-corrected chi connectivity index (χ1v) is 11.1. The Bertz CT molecular complexity index is 988. The summed E-state index contributed by atoms with van der Waals surface area (Å²) < 4.78 is 6.39. The van der Waals surface area contributed by atoms with Crippen molar-refractivity contribution in [3.05, 3.63) is 95.6 Å². The summed E-state index contributed by atoms with van der Waals surface area (Å²) in [6.07, 6.45) is 0.672. The van der Waals surface area contributed by atoms with Gasteiger partial charge >= 0.3 is 5.97 Å². The minimum atomic E-state index is -0.571. The number of cyclic esters (lactones) is 1. The van der Waals surface area contributed by atoms with Crippen LogP contribution in [0.5, 0.6) is 0 Å². The molecule has 0 bridgehead atoms. The quantitative estimate of drug-likeness (QED) is 0.335. The number of carbonyl (C=O) groups excluding carboxylic acids is 1. The van der Waals surface area contributed by atoms with Crippen LogP contribution in [0.1, 0.15) is 23.1 Å². The van der Waals surface area contributed by atoms with Gasteiger partial charge in [0.2, 0.25) is 0 Å². The van der Waals surface area contributed by atoms with Gasteiger partial charge in [-0.1, -0.05) is 101 Å². The summed E-state index contributed by atoms with van der Waals surface area (Å²) in [6, 6.07) is 27.1. The smallest absolute Gasteiger partial charge is 0.323 e. The average molecular weight is 481 g/mol. The lowest BCUT2D eigenvalue weighted by Crippen LogP contribution is -2.50. The van der Waals surface area contributed by atoms with Crippen LogP contribution in [0.2, 0.25) is 0 Å². The monoisotopic (exact) mass is 481 g/mol. The van der Waals surface area contributed by atoms with E-state index in [1.165, 1.54) is 22.3 Å². The summed E-state index contributed by atoms with van der Waals surface area (Å²) in [7, 11) is 0. The second kappa shape index (κ2) is 7.01.